The number of nitrogen functional groups attached to an aromatic ring is 1. The molecule has 3 heterocycles. The van der Waals surface area contributed by atoms with E-state index >= 15 is 0 Å². The number of nitrogens with two attached hydrogens (primary N) is 1. The second kappa shape index (κ2) is 8.98. The van der Waals surface area contributed by atoms with Crippen LogP contribution in [0.3, 0.4) is 0 Å². The molecular weight excluding hydrogens is 475 g/mol. The van der Waals surface area contributed by atoms with Gasteiger partial charge in [-0.05, 0) is 42.0 Å². The Bertz CT molecular complexity index is 1530. The van der Waals surface area contributed by atoms with Crippen LogP contribution >= 0.6 is 0 Å². The lowest BCUT2D eigenvalue weighted by Gasteiger charge is -2.12. The van der Waals surface area contributed by atoms with Crippen molar-refractivity contribution in [1.82, 2.24) is 19.6 Å². The number of H-pyrrole nitrogens is 1. The van der Waals surface area contributed by atoms with Crippen molar-refractivity contribution >= 4 is 28.7 Å². The highest BCUT2D eigenvalue weighted by Crippen LogP contribution is 2.38. The molecule has 0 aliphatic rings. The molecule has 0 radical (unpaired) electrons. The zero-order chi connectivity index (χ0) is 25.3. The van der Waals surface area contributed by atoms with Gasteiger partial charge in [-0.25, -0.2) is 14.3 Å². The molecule has 36 heavy (non-hydrogen) atoms. The molecule has 0 unspecified atom stereocenters. The molecule has 12 heteroatoms. The maximum absolute atomic E-state index is 12.4. The summed E-state index contributed by atoms with van der Waals surface area (Å²) in [6, 6.07) is 15.2. The van der Waals surface area contributed by atoms with Gasteiger partial charge in [0, 0.05) is 46.7 Å². The Morgan fingerprint density at radius 3 is 2.53 bits per heavy atom. The first-order chi connectivity index (χ1) is 17.3. The van der Waals surface area contributed by atoms with Crippen molar-refractivity contribution < 1.29 is 22.7 Å². The summed E-state index contributed by atoms with van der Waals surface area (Å²) in [5.41, 5.74) is 10.8. The maximum atomic E-state index is 12.4. The highest BCUT2D eigenvalue weighted by atomic mass is 19.4. The molecule has 0 aliphatic carbocycles. The van der Waals surface area contributed by atoms with Gasteiger partial charge in [0.05, 0.1) is 0 Å². The van der Waals surface area contributed by atoms with Crippen LogP contribution in [0.1, 0.15) is 0 Å². The number of hydrogen-bond acceptors (Lipinski definition) is 5. The molecule has 0 bridgehead atoms. The largest absolute Gasteiger partial charge is 0.573 e. The molecule has 2 amide bonds. The number of aromatic nitrogens is 4. The Kier molecular flexibility index (Phi) is 5.68. The van der Waals surface area contributed by atoms with Gasteiger partial charge in [0.2, 0.25) is 0 Å². The van der Waals surface area contributed by atoms with E-state index in [4.69, 9.17) is 5.73 Å². The first-order valence-electron chi connectivity index (χ1n) is 10.6. The second-order valence-corrected chi connectivity index (χ2v) is 7.67. The number of rotatable bonds is 5. The van der Waals surface area contributed by atoms with Crippen molar-refractivity contribution in [2.75, 3.05) is 16.4 Å². The number of fused-ring (bicyclic) bond motifs is 1. The van der Waals surface area contributed by atoms with Crippen LogP contribution in [-0.2, 0) is 0 Å². The number of ether oxygens (including phenoxy) is 1. The van der Waals surface area contributed by atoms with Crippen LogP contribution in [0.5, 0.6) is 5.75 Å². The van der Waals surface area contributed by atoms with Crippen LogP contribution in [0.25, 0.3) is 27.9 Å². The average molecular weight is 493 g/mol. The van der Waals surface area contributed by atoms with Gasteiger partial charge in [-0.1, -0.05) is 18.2 Å². The van der Waals surface area contributed by atoms with Gasteiger partial charge >= 0.3 is 12.4 Å². The summed E-state index contributed by atoms with van der Waals surface area (Å²) in [4.78, 5) is 19.7. The second-order valence-electron chi connectivity index (χ2n) is 7.67. The van der Waals surface area contributed by atoms with Crippen molar-refractivity contribution in [2.24, 2.45) is 0 Å². The molecule has 2 aromatic carbocycles. The summed E-state index contributed by atoms with van der Waals surface area (Å²) in [5.74, 6) is -0.123. The molecular formula is C24H18F3N7O2. The maximum Gasteiger partial charge on any atom is 0.573 e. The monoisotopic (exact) mass is 493 g/mol. The van der Waals surface area contributed by atoms with Crippen LogP contribution in [0.4, 0.5) is 35.2 Å². The molecule has 182 valence electrons. The van der Waals surface area contributed by atoms with E-state index in [9.17, 15) is 18.0 Å². The number of anilines is 3. The van der Waals surface area contributed by atoms with Crippen LogP contribution < -0.4 is 21.1 Å². The minimum atomic E-state index is -4.83. The Balaban J connectivity index is 1.37. The van der Waals surface area contributed by atoms with Crippen LogP contribution in [0.15, 0.2) is 79.4 Å². The normalized spacial score (nSPS) is 11.4. The Labute approximate surface area is 201 Å². The number of carbonyl (C=O) groups is 1. The van der Waals surface area contributed by atoms with Gasteiger partial charge in [0.25, 0.3) is 0 Å². The Hall–Kier alpha value is -5.00. The van der Waals surface area contributed by atoms with Gasteiger partial charge in [-0.2, -0.15) is 5.10 Å². The number of aromatic amines is 1. The van der Waals surface area contributed by atoms with E-state index in [1.54, 1.807) is 16.6 Å². The Morgan fingerprint density at radius 2 is 1.81 bits per heavy atom. The summed E-state index contributed by atoms with van der Waals surface area (Å²) in [6.07, 6.45) is 0.213. The van der Waals surface area contributed by atoms with Gasteiger partial charge in [-0.15, -0.1) is 13.2 Å². The third-order valence-corrected chi connectivity index (χ3v) is 5.25. The number of nitrogens with one attached hydrogen (secondary N) is 3. The average Bonchev–Trinajstić information content (AvgIpc) is 3.47. The summed E-state index contributed by atoms with van der Waals surface area (Å²) in [5, 5.41) is 9.38. The fourth-order valence-corrected chi connectivity index (χ4v) is 3.81. The minimum Gasteiger partial charge on any atom is -0.406 e. The van der Waals surface area contributed by atoms with Gasteiger partial charge in [-0.3, -0.25) is 0 Å². The molecule has 0 saturated heterocycles. The van der Waals surface area contributed by atoms with E-state index in [0.29, 0.717) is 17.0 Å². The molecule has 5 aromatic rings. The van der Waals surface area contributed by atoms with Crippen molar-refractivity contribution in [3.63, 3.8) is 0 Å². The van der Waals surface area contributed by atoms with Crippen molar-refractivity contribution in [3.05, 3.63) is 79.4 Å². The molecule has 5 N–H and O–H groups in total. The van der Waals surface area contributed by atoms with E-state index in [1.807, 2.05) is 36.7 Å². The number of carbonyl (C=O) groups excluding carboxylic acids is 1. The fraction of sp³-hybridized carbons (Fsp3) is 0.0417. The molecule has 0 aliphatic heterocycles. The van der Waals surface area contributed by atoms with Crippen LogP contribution in [0, 0.1) is 0 Å². The van der Waals surface area contributed by atoms with Crippen molar-refractivity contribution in [2.45, 2.75) is 6.36 Å². The molecule has 0 spiro atoms. The third kappa shape index (κ3) is 4.78. The quantitative estimate of drug-likeness (QED) is 0.257. The van der Waals surface area contributed by atoms with Crippen molar-refractivity contribution in [1.29, 1.82) is 0 Å². The highest BCUT2D eigenvalue weighted by molar-refractivity contribution is 6.01. The van der Waals surface area contributed by atoms with Crippen molar-refractivity contribution in [3.8, 4) is 28.1 Å². The van der Waals surface area contributed by atoms with E-state index in [0.717, 1.165) is 34.5 Å². The first kappa shape index (κ1) is 22.8. The van der Waals surface area contributed by atoms with Crippen LogP contribution in [0.2, 0.25) is 0 Å². The minimum absolute atomic E-state index is 0.136. The van der Waals surface area contributed by atoms with Gasteiger partial charge in [0.15, 0.2) is 5.82 Å². The van der Waals surface area contributed by atoms with Gasteiger partial charge in [0.1, 0.15) is 17.6 Å². The molecule has 5 rings (SSSR count). The molecule has 0 saturated carbocycles. The predicted octanol–water partition coefficient (Wildman–Crippen LogP) is 5.52. The van der Waals surface area contributed by atoms with Crippen LogP contribution in [-0.4, -0.2) is 32.0 Å². The number of alkyl halides is 3. The zero-order valence-corrected chi connectivity index (χ0v) is 18.4. The predicted molar refractivity (Wildman–Crippen MR) is 128 cm³/mol. The number of benzene rings is 2. The fourth-order valence-electron chi connectivity index (χ4n) is 3.81. The zero-order valence-electron chi connectivity index (χ0n) is 18.4. The number of urea groups is 1. The molecule has 0 atom stereocenters. The SMILES string of the molecule is Nc1ncnn2cc(-c3ccc[nH]3)c(-c3ccc(NC(=O)Nc4cccc(OC(F)(F)F)c4)cc3)c12. The summed E-state index contributed by atoms with van der Waals surface area (Å²) in [6.45, 7) is 0. The summed E-state index contributed by atoms with van der Waals surface area (Å²) >= 11 is 0. The smallest absolute Gasteiger partial charge is 0.406 e. The van der Waals surface area contributed by atoms with E-state index in [-0.39, 0.29) is 5.69 Å². The third-order valence-electron chi connectivity index (χ3n) is 5.25. The summed E-state index contributed by atoms with van der Waals surface area (Å²) < 4.78 is 42.8. The number of halogens is 3. The molecule has 0 fully saturated rings. The van der Waals surface area contributed by atoms with E-state index in [1.165, 1.54) is 18.5 Å². The standard InChI is InChI=1S/C24H18F3N7O2/c25-24(26,27)36-17-4-1-3-16(11-17)33-23(35)32-15-8-6-14(7-9-15)20-18(19-5-2-10-29-19)12-34-21(20)22(28)30-13-31-34/h1-13,29H,(H2,28,30,31)(H2,32,33,35). The van der Waals surface area contributed by atoms with E-state index < -0.39 is 18.1 Å². The van der Waals surface area contributed by atoms with E-state index in [2.05, 4.69) is 30.4 Å². The number of hydrogen-bond donors (Lipinski definition) is 4. The lowest BCUT2D eigenvalue weighted by Crippen LogP contribution is -2.20. The lowest BCUT2D eigenvalue weighted by molar-refractivity contribution is -0.274. The van der Waals surface area contributed by atoms with Gasteiger partial charge < -0.3 is 26.1 Å². The topological polar surface area (TPSA) is 122 Å². The highest BCUT2D eigenvalue weighted by Gasteiger charge is 2.31. The number of amides is 2. The first-order valence-corrected chi connectivity index (χ1v) is 10.6. The molecule has 9 nitrogen and oxygen atoms in total. The lowest BCUT2D eigenvalue weighted by atomic mass is 10.0. The molecule has 3 aromatic heterocycles. The Morgan fingerprint density at radius 1 is 1.03 bits per heavy atom. The number of nitrogens with zero attached hydrogens (tertiary/aromatic N) is 3. The summed E-state index contributed by atoms with van der Waals surface area (Å²) in [7, 11) is 0.